The lowest BCUT2D eigenvalue weighted by Crippen LogP contribution is -2.29. The van der Waals surface area contributed by atoms with Gasteiger partial charge in [-0.15, -0.1) is 0 Å². The zero-order valence-corrected chi connectivity index (χ0v) is 11.3. The normalized spacial score (nSPS) is 10.0. The van der Waals surface area contributed by atoms with E-state index in [-0.39, 0.29) is 6.10 Å². The van der Waals surface area contributed by atoms with Gasteiger partial charge in [0.05, 0.1) is 6.10 Å². The van der Waals surface area contributed by atoms with Gasteiger partial charge >= 0.3 is 23.9 Å². The summed E-state index contributed by atoms with van der Waals surface area (Å²) < 4.78 is 5.00. The molecule has 12 heteroatoms. The number of nitrogens with two attached hydrogens (primary N) is 1. The van der Waals surface area contributed by atoms with Gasteiger partial charge in [-0.1, -0.05) is 6.92 Å². The smallest absolute Gasteiger partial charge is 0.414 e. The number of carbonyl (C=O) groups is 4. The highest BCUT2D eigenvalue weighted by Crippen LogP contribution is 1.91. The maximum absolute atomic E-state index is 9.10. The van der Waals surface area contributed by atoms with Gasteiger partial charge in [0.1, 0.15) is 0 Å². The Kier molecular flexibility index (Phi) is 17.9. The molecule has 0 aliphatic rings. The lowest BCUT2D eigenvalue weighted by molar-refractivity contribution is -0.159. The Morgan fingerprint density at radius 2 is 1.33 bits per heavy atom. The third kappa shape index (κ3) is 23.3. The van der Waals surface area contributed by atoms with Crippen molar-refractivity contribution in [3.63, 3.8) is 0 Å². The van der Waals surface area contributed by atoms with Crippen molar-refractivity contribution in [2.75, 3.05) is 13.7 Å². The number of nitrogens with one attached hydrogen (secondary N) is 1. The van der Waals surface area contributed by atoms with Crippen LogP contribution in [0, 0.1) is 0 Å². The van der Waals surface area contributed by atoms with Crippen LogP contribution in [0.1, 0.15) is 13.3 Å². The van der Waals surface area contributed by atoms with E-state index < -0.39 is 23.9 Å². The number of hydrogen-bond donors (Lipinski definition) is 6. The first-order chi connectivity index (χ1) is 9.63. The monoisotopic (exact) mass is 314 g/mol. The summed E-state index contributed by atoms with van der Waals surface area (Å²) >= 11 is 0. The van der Waals surface area contributed by atoms with Crippen molar-refractivity contribution in [1.29, 1.82) is 0 Å². The van der Waals surface area contributed by atoms with Crippen LogP contribution in [0.2, 0.25) is 0 Å². The quantitative estimate of drug-likeness (QED) is 0.243. The van der Waals surface area contributed by atoms with Crippen molar-refractivity contribution in [1.82, 2.24) is 5.48 Å². The molecule has 0 aliphatic carbocycles. The third-order valence-electron chi connectivity index (χ3n) is 1.55. The second-order valence-corrected chi connectivity index (χ2v) is 2.95. The predicted molar refractivity (Wildman–Crippen MR) is 64.9 cm³/mol. The van der Waals surface area contributed by atoms with Crippen LogP contribution < -0.4 is 11.4 Å². The van der Waals surface area contributed by atoms with Crippen LogP contribution in [-0.4, -0.2) is 64.1 Å². The van der Waals surface area contributed by atoms with Gasteiger partial charge in [-0.05, 0) is 6.42 Å². The molecular weight excluding hydrogens is 296 g/mol. The third-order valence-corrected chi connectivity index (χ3v) is 1.55. The molecule has 0 bridgehead atoms. The number of methoxy groups -OCH3 is 1. The first-order valence-electron chi connectivity index (χ1n) is 5.17. The lowest BCUT2D eigenvalue weighted by atomic mass is 10.3. The summed E-state index contributed by atoms with van der Waals surface area (Å²) in [5.74, 6) is -2.58. The molecule has 0 saturated heterocycles. The van der Waals surface area contributed by atoms with E-state index >= 15 is 0 Å². The van der Waals surface area contributed by atoms with Crippen LogP contribution in [0.5, 0.6) is 0 Å². The van der Waals surface area contributed by atoms with Crippen molar-refractivity contribution in [2.45, 2.75) is 19.4 Å². The van der Waals surface area contributed by atoms with Crippen LogP contribution in [-0.2, 0) is 28.9 Å². The summed E-state index contributed by atoms with van der Waals surface area (Å²) in [5, 5.41) is 29.6. The van der Waals surface area contributed by atoms with E-state index in [1.54, 1.807) is 7.11 Å². The van der Waals surface area contributed by atoms with E-state index in [1.165, 1.54) is 0 Å². The minimum atomic E-state index is -1.82. The molecule has 0 amide bonds. The molecule has 0 heterocycles. The average molecular weight is 314 g/mol. The van der Waals surface area contributed by atoms with Crippen molar-refractivity contribution < 1.29 is 49.3 Å². The van der Waals surface area contributed by atoms with Crippen LogP contribution in [0.15, 0.2) is 0 Å². The topological polar surface area (TPSA) is 206 Å². The highest BCUT2D eigenvalue weighted by atomic mass is 16.8. The summed E-state index contributed by atoms with van der Waals surface area (Å²) in [5.41, 5.74) is 2.50. The van der Waals surface area contributed by atoms with Crippen LogP contribution in [0.4, 0.5) is 0 Å². The van der Waals surface area contributed by atoms with E-state index in [2.05, 4.69) is 10.4 Å². The van der Waals surface area contributed by atoms with Crippen molar-refractivity contribution >= 4 is 23.9 Å². The number of carboxylic acid groups (broad SMARTS) is 4. The van der Waals surface area contributed by atoms with Gasteiger partial charge in [0, 0.05) is 13.7 Å². The molecule has 0 fully saturated rings. The van der Waals surface area contributed by atoms with Gasteiger partial charge in [-0.2, -0.15) is 11.4 Å². The Bertz CT molecular complexity index is 280. The SMILES string of the molecule is CCC(CNON)OC.O=C(O)C(=O)O.O=C(O)C(=O)O. The largest absolute Gasteiger partial charge is 0.473 e. The van der Waals surface area contributed by atoms with Crippen molar-refractivity contribution in [3.8, 4) is 0 Å². The molecule has 0 aromatic rings. The molecule has 7 N–H and O–H groups in total. The Morgan fingerprint density at radius 1 is 1.00 bits per heavy atom. The van der Waals surface area contributed by atoms with Crippen molar-refractivity contribution in [3.05, 3.63) is 0 Å². The highest BCUT2D eigenvalue weighted by molar-refractivity contribution is 6.27. The van der Waals surface area contributed by atoms with Gasteiger partial charge in [0.2, 0.25) is 0 Å². The predicted octanol–water partition coefficient (Wildman–Crippen LogP) is -1.88. The zero-order valence-electron chi connectivity index (χ0n) is 11.3. The van der Waals surface area contributed by atoms with Crippen LogP contribution in [0.3, 0.4) is 0 Å². The summed E-state index contributed by atoms with van der Waals surface area (Å²) in [7, 11) is 1.66. The molecule has 0 radical (unpaired) electrons. The van der Waals surface area contributed by atoms with Crippen LogP contribution >= 0.6 is 0 Å². The van der Waals surface area contributed by atoms with Gasteiger partial charge < -0.3 is 25.2 Å². The van der Waals surface area contributed by atoms with E-state index in [0.29, 0.717) is 6.54 Å². The van der Waals surface area contributed by atoms with E-state index in [9.17, 15) is 0 Å². The second kappa shape index (κ2) is 15.8. The Hall–Kier alpha value is -2.28. The summed E-state index contributed by atoms with van der Waals surface area (Å²) in [6.45, 7) is 2.66. The summed E-state index contributed by atoms with van der Waals surface area (Å²) in [6.07, 6.45) is 1.14. The molecule has 0 aromatic heterocycles. The minimum Gasteiger partial charge on any atom is -0.473 e. The maximum Gasteiger partial charge on any atom is 0.414 e. The second-order valence-electron chi connectivity index (χ2n) is 2.95. The number of ether oxygens (including phenoxy) is 1. The number of hydrogen-bond acceptors (Lipinski definition) is 8. The standard InChI is InChI=1S/C5H14N2O2.2C2H2O4/c1-3-5(8-2)4-7-9-6;2*3-1(4)2(5)6/h5,7H,3-4,6H2,1-2H3;2*(H,3,4)(H,5,6). The van der Waals surface area contributed by atoms with E-state index in [4.69, 9.17) is 50.2 Å². The van der Waals surface area contributed by atoms with E-state index in [1.807, 2.05) is 6.92 Å². The molecule has 0 aliphatic heterocycles. The number of aliphatic carboxylic acids is 4. The van der Waals surface area contributed by atoms with Gasteiger partial charge in [0.15, 0.2) is 0 Å². The number of rotatable bonds is 5. The average Bonchev–Trinajstić information content (AvgIpc) is 2.41. The number of hydroxylamine groups is 1. The maximum atomic E-state index is 9.10. The van der Waals surface area contributed by atoms with Gasteiger partial charge in [-0.25, -0.2) is 24.1 Å². The molecule has 21 heavy (non-hydrogen) atoms. The number of carboxylic acids is 4. The summed E-state index contributed by atoms with van der Waals surface area (Å²) in [6, 6.07) is 0. The Morgan fingerprint density at radius 3 is 1.48 bits per heavy atom. The van der Waals surface area contributed by atoms with Crippen LogP contribution in [0.25, 0.3) is 0 Å². The fourth-order valence-corrected chi connectivity index (χ4v) is 0.535. The molecule has 12 nitrogen and oxygen atoms in total. The molecule has 0 rings (SSSR count). The molecule has 0 aromatic carbocycles. The molecule has 124 valence electrons. The van der Waals surface area contributed by atoms with Crippen molar-refractivity contribution in [2.24, 2.45) is 5.90 Å². The molecule has 0 spiro atoms. The first kappa shape index (κ1) is 23.8. The lowest BCUT2D eigenvalue weighted by Gasteiger charge is -2.11. The highest BCUT2D eigenvalue weighted by Gasteiger charge is 2.04. The van der Waals surface area contributed by atoms with Gasteiger partial charge in [-0.3, -0.25) is 0 Å². The Labute approximate surface area is 119 Å². The fraction of sp³-hybridized carbons (Fsp3) is 0.556. The van der Waals surface area contributed by atoms with E-state index in [0.717, 1.165) is 6.42 Å². The Balaban J connectivity index is -0.000000240. The minimum absolute atomic E-state index is 0.188. The molecular formula is C9H18N2O10. The molecule has 0 saturated carbocycles. The molecule has 1 atom stereocenters. The molecule has 1 unspecified atom stereocenters. The zero-order chi connectivity index (χ0) is 17.4. The summed E-state index contributed by atoms with van der Waals surface area (Å²) in [4.78, 5) is 40.5. The van der Waals surface area contributed by atoms with Gasteiger partial charge in [0.25, 0.3) is 0 Å². The first-order valence-corrected chi connectivity index (χ1v) is 5.17. The fourth-order valence-electron chi connectivity index (χ4n) is 0.535.